The van der Waals surface area contributed by atoms with Gasteiger partial charge in [-0.05, 0) is 95.2 Å². The van der Waals surface area contributed by atoms with Crippen LogP contribution < -0.4 is 0 Å². The number of hydrogen-bond acceptors (Lipinski definition) is 4. The molecule has 254 valence electrons. The molecule has 1 saturated carbocycles. The predicted octanol–water partition coefficient (Wildman–Crippen LogP) is 12.5. The Balaban J connectivity index is 1.08. The Kier molecular flexibility index (Phi) is 6.73. The van der Waals surface area contributed by atoms with Crippen molar-refractivity contribution in [3.63, 3.8) is 0 Å². The minimum absolute atomic E-state index is 0.0974. The van der Waals surface area contributed by atoms with Crippen LogP contribution in [0.2, 0.25) is 0 Å². The molecule has 3 aliphatic rings. The highest BCUT2D eigenvalue weighted by molar-refractivity contribution is 6.05. The van der Waals surface area contributed by atoms with Crippen molar-refractivity contribution in [2.45, 2.75) is 38.0 Å². The van der Waals surface area contributed by atoms with Crippen LogP contribution >= 0.6 is 0 Å². The van der Waals surface area contributed by atoms with E-state index in [1.165, 1.54) is 52.6 Å². The van der Waals surface area contributed by atoms with Crippen molar-refractivity contribution in [2.75, 3.05) is 0 Å². The lowest BCUT2D eigenvalue weighted by Gasteiger charge is -2.46. The Bertz CT molecular complexity index is 2780. The van der Waals surface area contributed by atoms with E-state index in [-0.39, 0.29) is 5.41 Å². The van der Waals surface area contributed by atoms with Crippen LogP contribution in [-0.4, -0.2) is 15.0 Å². The maximum atomic E-state index is 6.27. The molecule has 0 saturated heterocycles. The summed E-state index contributed by atoms with van der Waals surface area (Å²) in [5, 5.41) is 2.18. The van der Waals surface area contributed by atoms with Crippen LogP contribution in [0, 0.1) is 11.8 Å². The van der Waals surface area contributed by atoms with E-state index in [0.29, 0.717) is 23.4 Å². The summed E-state index contributed by atoms with van der Waals surface area (Å²) >= 11 is 0. The van der Waals surface area contributed by atoms with Crippen LogP contribution in [0.5, 0.6) is 0 Å². The molecule has 11 rings (SSSR count). The molecular weight excluding hydrogens is 647 g/mol. The first-order valence-electron chi connectivity index (χ1n) is 18.9. The van der Waals surface area contributed by atoms with Crippen molar-refractivity contribution in [3.8, 4) is 56.4 Å². The average Bonchev–Trinajstić information content (AvgIpc) is 3.73. The Hall–Kier alpha value is -6.13. The molecule has 4 heteroatoms. The van der Waals surface area contributed by atoms with Crippen LogP contribution in [0.1, 0.15) is 43.7 Å². The zero-order chi connectivity index (χ0) is 35.1. The number of benzene rings is 6. The lowest BCUT2D eigenvalue weighted by atomic mass is 9.57. The van der Waals surface area contributed by atoms with Gasteiger partial charge in [-0.2, -0.15) is 0 Å². The summed E-state index contributed by atoms with van der Waals surface area (Å²) in [6.07, 6.45) is 7.54. The van der Waals surface area contributed by atoms with E-state index in [9.17, 15) is 0 Å². The molecule has 1 fully saturated rings. The molecule has 8 aromatic rings. The molecule has 1 spiro atoms. The van der Waals surface area contributed by atoms with E-state index >= 15 is 0 Å². The van der Waals surface area contributed by atoms with Gasteiger partial charge in [0.2, 0.25) is 0 Å². The third-order valence-electron chi connectivity index (χ3n) is 12.1. The van der Waals surface area contributed by atoms with Gasteiger partial charge in [0.05, 0.1) is 0 Å². The fraction of sp³-hybridized carbons (Fsp3) is 0.163. The van der Waals surface area contributed by atoms with E-state index in [1.807, 2.05) is 36.4 Å². The van der Waals surface area contributed by atoms with Gasteiger partial charge in [-0.15, -0.1) is 0 Å². The van der Waals surface area contributed by atoms with E-state index in [0.717, 1.165) is 51.0 Å². The molecule has 53 heavy (non-hydrogen) atoms. The molecule has 2 heterocycles. The maximum absolute atomic E-state index is 6.27. The zero-order valence-electron chi connectivity index (χ0n) is 29.6. The summed E-state index contributed by atoms with van der Waals surface area (Å²) in [5.41, 5.74) is 14.2. The number of nitrogens with zero attached hydrogens (tertiary/aromatic N) is 3. The van der Waals surface area contributed by atoms with E-state index in [1.54, 1.807) is 5.57 Å². The number of fused-ring (bicyclic) bond motifs is 11. The monoisotopic (exact) mass is 683 g/mol. The topological polar surface area (TPSA) is 51.8 Å². The molecule has 2 aromatic heterocycles. The van der Waals surface area contributed by atoms with Gasteiger partial charge in [0.25, 0.3) is 0 Å². The van der Waals surface area contributed by atoms with Crippen molar-refractivity contribution < 1.29 is 4.42 Å². The summed E-state index contributed by atoms with van der Waals surface area (Å²) in [5.74, 6) is 3.30. The average molecular weight is 684 g/mol. The van der Waals surface area contributed by atoms with Crippen LogP contribution in [0.15, 0.2) is 156 Å². The lowest BCUT2D eigenvalue weighted by Crippen LogP contribution is -2.37. The fourth-order valence-electron chi connectivity index (χ4n) is 9.85. The van der Waals surface area contributed by atoms with Crippen molar-refractivity contribution >= 4 is 21.9 Å². The van der Waals surface area contributed by atoms with Gasteiger partial charge in [0, 0.05) is 32.9 Å². The number of allylic oxidation sites excluding steroid dienone is 2. The van der Waals surface area contributed by atoms with Crippen molar-refractivity contribution in [1.29, 1.82) is 0 Å². The van der Waals surface area contributed by atoms with E-state index < -0.39 is 0 Å². The van der Waals surface area contributed by atoms with Crippen molar-refractivity contribution in [3.05, 3.63) is 162 Å². The molecule has 3 unspecified atom stereocenters. The first-order valence-corrected chi connectivity index (χ1v) is 18.9. The smallest absolute Gasteiger partial charge is 0.164 e. The highest BCUT2D eigenvalue weighted by Gasteiger charge is 2.50. The second-order valence-corrected chi connectivity index (χ2v) is 15.3. The second-order valence-electron chi connectivity index (χ2n) is 15.3. The van der Waals surface area contributed by atoms with E-state index in [4.69, 9.17) is 19.4 Å². The standard InChI is InChI=1S/C49H37N3O/c1-30-25-31-23-24-49(36(26-30)27-31)42-19-7-5-15-38(42)41-18-10-17-37(45(41)49)33-13-9-14-34(28-33)47-50-46(32-11-3-2-4-12-32)51-48(52-47)35-21-22-40-39-16-6-8-20-43(39)53-44(40)29-35/h2-22,26,28-31H,23-25,27H2,1H3. The Labute approximate surface area is 308 Å². The minimum Gasteiger partial charge on any atom is -0.456 e. The summed E-state index contributed by atoms with van der Waals surface area (Å²) in [6.45, 7) is 2.41. The fourth-order valence-corrected chi connectivity index (χ4v) is 9.85. The molecule has 3 aliphatic carbocycles. The maximum Gasteiger partial charge on any atom is 0.164 e. The number of aromatic nitrogens is 3. The Morgan fingerprint density at radius 2 is 1.23 bits per heavy atom. The molecule has 4 nitrogen and oxygen atoms in total. The van der Waals surface area contributed by atoms with Gasteiger partial charge in [-0.1, -0.05) is 134 Å². The van der Waals surface area contributed by atoms with Gasteiger partial charge in [0.1, 0.15) is 11.2 Å². The normalized spacial score (nSPS) is 20.1. The highest BCUT2D eigenvalue weighted by Crippen LogP contribution is 2.62. The summed E-state index contributed by atoms with van der Waals surface area (Å²) in [6, 6.07) is 49.5. The van der Waals surface area contributed by atoms with Gasteiger partial charge >= 0.3 is 0 Å². The first kappa shape index (κ1) is 30.5. The number of para-hydroxylation sites is 1. The van der Waals surface area contributed by atoms with Gasteiger partial charge in [-0.25, -0.2) is 15.0 Å². The summed E-state index contributed by atoms with van der Waals surface area (Å²) in [7, 11) is 0. The molecule has 0 amide bonds. The molecule has 3 atom stereocenters. The lowest BCUT2D eigenvalue weighted by molar-refractivity contribution is 0.285. The predicted molar refractivity (Wildman–Crippen MR) is 214 cm³/mol. The van der Waals surface area contributed by atoms with Crippen molar-refractivity contribution in [1.82, 2.24) is 15.0 Å². The summed E-state index contributed by atoms with van der Waals surface area (Å²) in [4.78, 5) is 15.3. The molecule has 0 aliphatic heterocycles. The number of furan rings is 1. The van der Waals surface area contributed by atoms with Crippen LogP contribution in [0.3, 0.4) is 0 Å². The molecular formula is C49H37N3O. The molecule has 0 radical (unpaired) electrons. The number of hydrogen-bond donors (Lipinski definition) is 0. The van der Waals surface area contributed by atoms with Gasteiger partial charge in [0.15, 0.2) is 17.5 Å². The molecule has 0 N–H and O–H groups in total. The highest BCUT2D eigenvalue weighted by atomic mass is 16.3. The second kappa shape index (κ2) is 11.7. The minimum atomic E-state index is -0.0974. The zero-order valence-corrected chi connectivity index (χ0v) is 29.6. The van der Waals surface area contributed by atoms with Gasteiger partial charge < -0.3 is 4.42 Å². The van der Waals surface area contributed by atoms with Crippen LogP contribution in [0.25, 0.3) is 78.4 Å². The van der Waals surface area contributed by atoms with E-state index in [2.05, 4.69) is 116 Å². The van der Waals surface area contributed by atoms with Crippen molar-refractivity contribution in [2.24, 2.45) is 11.8 Å². The first-order chi connectivity index (χ1) is 26.1. The molecule has 6 aromatic carbocycles. The quantitative estimate of drug-likeness (QED) is 0.173. The van der Waals surface area contributed by atoms with Gasteiger partial charge in [-0.3, -0.25) is 0 Å². The third-order valence-corrected chi connectivity index (χ3v) is 12.1. The van der Waals surface area contributed by atoms with Crippen LogP contribution in [-0.2, 0) is 5.41 Å². The van der Waals surface area contributed by atoms with Crippen LogP contribution in [0.4, 0.5) is 0 Å². The number of rotatable bonds is 4. The Morgan fingerprint density at radius 3 is 2.11 bits per heavy atom. The Morgan fingerprint density at radius 1 is 0.566 bits per heavy atom. The third kappa shape index (κ3) is 4.71. The largest absolute Gasteiger partial charge is 0.456 e. The SMILES string of the molecule is CC1C=C2CC(CCC23c2ccccc2-c2cccc(-c4cccc(-c5nc(-c6ccccc6)nc(-c6ccc7c(c6)oc6ccccc67)n5)c4)c23)C1. The molecule has 2 bridgehead atoms. The summed E-state index contributed by atoms with van der Waals surface area (Å²) < 4.78 is 6.27.